The van der Waals surface area contributed by atoms with E-state index in [9.17, 15) is 9.59 Å². The van der Waals surface area contributed by atoms with Gasteiger partial charge in [-0.15, -0.1) is 0 Å². The fourth-order valence-corrected chi connectivity index (χ4v) is 5.57. The zero-order valence-electron chi connectivity index (χ0n) is 18.6. The zero-order valence-corrected chi connectivity index (χ0v) is 18.6. The third-order valence-corrected chi connectivity index (χ3v) is 7.36. The van der Waals surface area contributed by atoms with E-state index in [0.29, 0.717) is 5.71 Å². The molecule has 0 spiro atoms. The Labute approximate surface area is 180 Å². The number of carbonyl (C=O) groups excluding carboxylic acids is 2. The molecule has 30 heavy (non-hydrogen) atoms. The van der Waals surface area contributed by atoms with Crippen molar-refractivity contribution in [1.82, 2.24) is 4.90 Å². The summed E-state index contributed by atoms with van der Waals surface area (Å²) in [6.45, 7) is 8.42. The van der Waals surface area contributed by atoms with Gasteiger partial charge in [0.15, 0.2) is 5.78 Å². The van der Waals surface area contributed by atoms with Gasteiger partial charge in [-0.3, -0.25) is 14.6 Å². The number of anilines is 1. The summed E-state index contributed by atoms with van der Waals surface area (Å²) >= 11 is 0. The number of rotatable bonds is 5. The van der Waals surface area contributed by atoms with Gasteiger partial charge in [-0.1, -0.05) is 32.0 Å². The number of hydrogen-bond donors (Lipinski definition) is 0. The van der Waals surface area contributed by atoms with Gasteiger partial charge in [0.05, 0.1) is 12.2 Å². The lowest BCUT2D eigenvalue weighted by atomic mass is 9.79. The van der Waals surface area contributed by atoms with Crippen molar-refractivity contribution in [1.29, 1.82) is 0 Å². The van der Waals surface area contributed by atoms with Crippen LogP contribution in [0.4, 0.5) is 5.69 Å². The van der Waals surface area contributed by atoms with Gasteiger partial charge >= 0.3 is 0 Å². The zero-order chi connectivity index (χ0) is 21.3. The molecule has 0 radical (unpaired) electrons. The molecule has 4 rings (SSSR count). The number of Topliss-reactive ketones (excluding diaryl/α,β-unsaturated/α-hetero) is 1. The average molecular weight is 410 g/mol. The van der Waals surface area contributed by atoms with Gasteiger partial charge in [0.2, 0.25) is 0 Å². The van der Waals surface area contributed by atoms with Crippen LogP contribution in [0, 0.1) is 11.8 Å². The van der Waals surface area contributed by atoms with Gasteiger partial charge in [0.1, 0.15) is 5.71 Å². The largest absolute Gasteiger partial charge is 0.303 e. The van der Waals surface area contributed by atoms with E-state index < -0.39 is 0 Å². The van der Waals surface area contributed by atoms with E-state index in [2.05, 4.69) is 23.7 Å². The van der Waals surface area contributed by atoms with E-state index >= 15 is 0 Å². The molecule has 0 bridgehead atoms. The maximum atomic E-state index is 13.2. The Morgan fingerprint density at radius 2 is 1.70 bits per heavy atom. The van der Waals surface area contributed by atoms with Crippen molar-refractivity contribution < 1.29 is 9.59 Å². The number of carbonyl (C=O) groups is 2. The van der Waals surface area contributed by atoms with Crippen LogP contribution < -0.4 is 4.90 Å². The second-order valence-electron chi connectivity index (χ2n) is 9.64. The summed E-state index contributed by atoms with van der Waals surface area (Å²) in [4.78, 5) is 33.6. The molecule has 1 aromatic carbocycles. The van der Waals surface area contributed by atoms with Crippen LogP contribution in [0.2, 0.25) is 0 Å². The molecule has 1 aromatic rings. The molecule has 5 nitrogen and oxygen atoms in total. The summed E-state index contributed by atoms with van der Waals surface area (Å²) in [5, 5.41) is 0. The fraction of sp³-hybridized carbons (Fsp3) is 0.640. The summed E-state index contributed by atoms with van der Waals surface area (Å²) in [5.74, 6) is 1.64. The molecule has 1 saturated heterocycles. The fourth-order valence-electron chi connectivity index (χ4n) is 5.57. The number of benzene rings is 1. The Balaban J connectivity index is 1.42. The number of amides is 1. The Morgan fingerprint density at radius 3 is 2.33 bits per heavy atom. The van der Waals surface area contributed by atoms with Gasteiger partial charge in [-0.05, 0) is 63.4 Å². The molecule has 2 fully saturated rings. The van der Waals surface area contributed by atoms with E-state index in [-0.39, 0.29) is 24.3 Å². The van der Waals surface area contributed by atoms with Crippen molar-refractivity contribution in [2.45, 2.75) is 71.4 Å². The van der Waals surface area contributed by atoms with E-state index in [0.717, 1.165) is 55.1 Å². The van der Waals surface area contributed by atoms with Crippen LogP contribution in [-0.2, 0) is 9.59 Å². The minimum atomic E-state index is -0.0339. The minimum Gasteiger partial charge on any atom is -0.303 e. The van der Waals surface area contributed by atoms with Crippen LogP contribution >= 0.6 is 0 Å². The SMILES string of the molecule is CC(=O)CN=C1C(=O)N(C2CCN(C3CCC(C(C)C)CC3)CC2)c2ccccc21. The first-order chi connectivity index (χ1) is 14.5. The van der Waals surface area contributed by atoms with Crippen molar-refractivity contribution >= 4 is 23.1 Å². The molecule has 1 saturated carbocycles. The first kappa shape index (κ1) is 21.2. The van der Waals surface area contributed by atoms with E-state index in [4.69, 9.17) is 0 Å². The van der Waals surface area contributed by atoms with Crippen LogP contribution in [-0.4, -0.2) is 54.0 Å². The number of aliphatic imine (C=N–C) groups is 1. The summed E-state index contributed by atoms with van der Waals surface area (Å²) in [5.41, 5.74) is 2.29. The Bertz CT molecular complexity index is 815. The molecule has 162 valence electrons. The van der Waals surface area contributed by atoms with Crippen molar-refractivity contribution in [3.05, 3.63) is 29.8 Å². The number of piperidine rings is 1. The standard InChI is InChI=1S/C25H35N3O2/c1-17(2)19-8-10-20(11-9-19)27-14-12-21(13-15-27)28-23-7-5-4-6-22(23)24(25(28)30)26-16-18(3)29/h4-7,17,19-21H,8-16H2,1-3H3. The van der Waals surface area contributed by atoms with Crippen LogP contribution in [0.3, 0.4) is 0 Å². The smallest absolute Gasteiger partial charge is 0.277 e. The molecule has 0 N–H and O–H groups in total. The monoisotopic (exact) mass is 409 g/mol. The van der Waals surface area contributed by atoms with Crippen LogP contribution in [0.5, 0.6) is 0 Å². The van der Waals surface area contributed by atoms with E-state index in [1.165, 1.54) is 32.6 Å². The first-order valence-corrected chi connectivity index (χ1v) is 11.7. The molecule has 0 atom stereocenters. The van der Waals surface area contributed by atoms with Gasteiger partial charge in [0, 0.05) is 30.7 Å². The molecule has 2 aliphatic heterocycles. The normalized spacial score (nSPS) is 27.1. The average Bonchev–Trinajstić information content (AvgIpc) is 3.03. The van der Waals surface area contributed by atoms with Crippen LogP contribution in [0.15, 0.2) is 29.3 Å². The molecule has 1 aliphatic carbocycles. The third-order valence-electron chi connectivity index (χ3n) is 7.36. The molecule has 2 heterocycles. The predicted molar refractivity (Wildman–Crippen MR) is 121 cm³/mol. The summed E-state index contributed by atoms with van der Waals surface area (Å²) < 4.78 is 0. The second-order valence-corrected chi connectivity index (χ2v) is 9.64. The number of nitrogens with zero attached hydrogens (tertiary/aromatic N) is 3. The molecular weight excluding hydrogens is 374 g/mol. The van der Waals surface area contributed by atoms with Crippen molar-refractivity contribution in [2.75, 3.05) is 24.5 Å². The third kappa shape index (κ3) is 4.22. The van der Waals surface area contributed by atoms with Gasteiger partial charge in [-0.2, -0.15) is 0 Å². The molecule has 5 heteroatoms. The maximum Gasteiger partial charge on any atom is 0.277 e. The molecule has 3 aliphatic rings. The number of ketones is 1. The first-order valence-electron chi connectivity index (χ1n) is 11.7. The summed E-state index contributed by atoms with van der Waals surface area (Å²) in [6, 6.07) is 8.82. The predicted octanol–water partition coefficient (Wildman–Crippen LogP) is 4.09. The van der Waals surface area contributed by atoms with Crippen LogP contribution in [0.25, 0.3) is 0 Å². The number of hydrogen-bond acceptors (Lipinski definition) is 4. The highest BCUT2D eigenvalue weighted by atomic mass is 16.2. The summed E-state index contributed by atoms with van der Waals surface area (Å²) in [6.07, 6.45) is 7.36. The Hall–Kier alpha value is -2.01. The Kier molecular flexibility index (Phi) is 6.37. The molecule has 0 aromatic heterocycles. The minimum absolute atomic E-state index is 0.0215. The maximum absolute atomic E-state index is 13.2. The number of fused-ring (bicyclic) bond motifs is 1. The van der Waals surface area contributed by atoms with Crippen LogP contribution in [0.1, 0.15) is 64.9 Å². The van der Waals surface area contributed by atoms with Crippen molar-refractivity contribution in [2.24, 2.45) is 16.8 Å². The van der Waals surface area contributed by atoms with E-state index in [1.54, 1.807) is 0 Å². The van der Waals surface area contributed by atoms with Crippen molar-refractivity contribution in [3.63, 3.8) is 0 Å². The highest BCUT2D eigenvalue weighted by Gasteiger charge is 2.40. The lowest BCUT2D eigenvalue weighted by molar-refractivity contribution is -0.115. The van der Waals surface area contributed by atoms with Gasteiger partial charge < -0.3 is 9.80 Å². The number of para-hydroxylation sites is 1. The molecular formula is C25H35N3O2. The lowest BCUT2D eigenvalue weighted by Crippen LogP contribution is -2.50. The quantitative estimate of drug-likeness (QED) is 0.736. The number of likely N-dealkylation sites (tertiary alicyclic amines) is 1. The molecule has 1 amide bonds. The second kappa shape index (κ2) is 9.01. The van der Waals surface area contributed by atoms with Gasteiger partial charge in [0.25, 0.3) is 5.91 Å². The lowest BCUT2D eigenvalue weighted by Gasteiger charge is -2.43. The van der Waals surface area contributed by atoms with E-state index in [1.807, 2.05) is 29.2 Å². The topological polar surface area (TPSA) is 53.0 Å². The van der Waals surface area contributed by atoms with Crippen molar-refractivity contribution in [3.8, 4) is 0 Å². The highest BCUT2D eigenvalue weighted by molar-refractivity contribution is 6.54. The summed E-state index contributed by atoms with van der Waals surface area (Å²) in [7, 11) is 0. The molecule has 0 unspecified atom stereocenters. The highest BCUT2D eigenvalue weighted by Crippen LogP contribution is 2.36. The Morgan fingerprint density at radius 1 is 1.03 bits per heavy atom. The van der Waals surface area contributed by atoms with Gasteiger partial charge in [-0.25, -0.2) is 0 Å².